The van der Waals surface area contributed by atoms with E-state index in [1.807, 2.05) is 0 Å². The first-order valence-electron chi connectivity index (χ1n) is 9.79. The molecule has 2 bridgehead atoms. The summed E-state index contributed by atoms with van der Waals surface area (Å²) in [5, 5.41) is 9.62. The Bertz CT molecular complexity index is 814. The van der Waals surface area contributed by atoms with E-state index in [-0.39, 0.29) is 18.4 Å². The van der Waals surface area contributed by atoms with Gasteiger partial charge in [0.1, 0.15) is 11.6 Å². The fourth-order valence-electron chi connectivity index (χ4n) is 4.98. The Morgan fingerprint density at radius 2 is 1.90 bits per heavy atom. The first-order chi connectivity index (χ1) is 13.7. The molecule has 4 fully saturated rings. The molecule has 29 heavy (non-hydrogen) atoms. The molecule has 0 unspecified atom stereocenters. The smallest absolute Gasteiger partial charge is 0.354 e. The molecule has 4 aliphatic rings. The molecule has 0 aromatic rings. The number of urea groups is 1. The SMILES string of the molecule is O=C(N[C@@]1(C2CCNCC2)CCNC1=O)[C@@H]1CC[C@@H]2CN1C(=O)N2OS(=O)(=O)O. The number of hydroxylamine groups is 2. The van der Waals surface area contributed by atoms with Crippen LogP contribution in [0.3, 0.4) is 0 Å². The first kappa shape index (κ1) is 20.3. The lowest BCUT2D eigenvalue weighted by molar-refractivity contribution is -0.136. The number of piperidine rings is 2. The monoisotopic (exact) mass is 431 g/mol. The van der Waals surface area contributed by atoms with Gasteiger partial charge in [0, 0.05) is 13.1 Å². The van der Waals surface area contributed by atoms with Gasteiger partial charge in [-0.3, -0.25) is 14.1 Å². The van der Waals surface area contributed by atoms with Crippen LogP contribution in [0.1, 0.15) is 32.1 Å². The van der Waals surface area contributed by atoms with Crippen LogP contribution in [0.15, 0.2) is 0 Å². The minimum Gasteiger partial charge on any atom is -0.354 e. The van der Waals surface area contributed by atoms with Crippen molar-refractivity contribution in [1.82, 2.24) is 25.9 Å². The molecule has 162 valence electrons. The van der Waals surface area contributed by atoms with Gasteiger partial charge in [-0.05, 0) is 51.1 Å². The van der Waals surface area contributed by atoms with Crippen molar-refractivity contribution in [2.45, 2.75) is 49.7 Å². The van der Waals surface area contributed by atoms with Gasteiger partial charge in [0.2, 0.25) is 11.8 Å². The summed E-state index contributed by atoms with van der Waals surface area (Å²) >= 11 is 0. The van der Waals surface area contributed by atoms with Crippen LogP contribution in [0.2, 0.25) is 0 Å². The maximum absolute atomic E-state index is 13.1. The molecule has 4 saturated heterocycles. The van der Waals surface area contributed by atoms with Gasteiger partial charge in [0.05, 0.1) is 6.04 Å². The summed E-state index contributed by atoms with van der Waals surface area (Å²) in [6.07, 6.45) is 2.65. The number of carbonyl (C=O) groups is 3. The highest BCUT2D eigenvalue weighted by molar-refractivity contribution is 7.80. The van der Waals surface area contributed by atoms with Gasteiger partial charge in [-0.2, -0.15) is 13.5 Å². The summed E-state index contributed by atoms with van der Waals surface area (Å²) < 4.78 is 35.3. The molecule has 0 saturated carbocycles. The number of carbonyl (C=O) groups excluding carboxylic acids is 3. The molecular formula is C16H25N5O7S. The lowest BCUT2D eigenvalue weighted by atomic mass is 9.76. The van der Waals surface area contributed by atoms with E-state index in [2.05, 4.69) is 20.2 Å². The fraction of sp³-hybridized carbons (Fsp3) is 0.812. The van der Waals surface area contributed by atoms with Crippen LogP contribution in [-0.2, 0) is 24.3 Å². The summed E-state index contributed by atoms with van der Waals surface area (Å²) in [4.78, 5) is 39.6. The zero-order chi connectivity index (χ0) is 20.8. The van der Waals surface area contributed by atoms with Crippen molar-refractivity contribution >= 4 is 28.2 Å². The van der Waals surface area contributed by atoms with Crippen LogP contribution in [0.25, 0.3) is 0 Å². The van der Waals surface area contributed by atoms with E-state index in [0.29, 0.717) is 30.9 Å². The van der Waals surface area contributed by atoms with Crippen LogP contribution in [-0.4, -0.2) is 84.6 Å². The Balaban J connectivity index is 1.51. The molecule has 0 aliphatic carbocycles. The third-order valence-electron chi connectivity index (χ3n) is 6.39. The molecule has 0 spiro atoms. The molecule has 4 amide bonds. The number of nitrogens with zero attached hydrogens (tertiary/aromatic N) is 2. The molecule has 13 heteroatoms. The number of hydrogen-bond acceptors (Lipinski definition) is 7. The highest BCUT2D eigenvalue weighted by Crippen LogP contribution is 2.35. The highest BCUT2D eigenvalue weighted by atomic mass is 32.3. The Labute approximate surface area is 168 Å². The lowest BCUT2D eigenvalue weighted by Crippen LogP contribution is -2.63. The van der Waals surface area contributed by atoms with Gasteiger partial charge in [-0.25, -0.2) is 4.79 Å². The van der Waals surface area contributed by atoms with Gasteiger partial charge in [-0.1, -0.05) is 0 Å². The Kier molecular flexibility index (Phi) is 5.17. The van der Waals surface area contributed by atoms with Crippen molar-refractivity contribution in [2.24, 2.45) is 5.92 Å². The molecule has 4 rings (SSSR count). The third kappa shape index (κ3) is 3.67. The van der Waals surface area contributed by atoms with Gasteiger partial charge < -0.3 is 20.9 Å². The average Bonchev–Trinajstić information content (AvgIpc) is 3.15. The normalized spacial score (nSPS) is 33.1. The molecule has 0 aromatic heterocycles. The number of fused-ring (bicyclic) bond motifs is 2. The van der Waals surface area contributed by atoms with Crippen molar-refractivity contribution in [3.05, 3.63) is 0 Å². The quantitative estimate of drug-likeness (QED) is 0.378. The zero-order valence-corrected chi connectivity index (χ0v) is 16.6. The largest absolute Gasteiger partial charge is 0.418 e. The van der Waals surface area contributed by atoms with Crippen molar-refractivity contribution in [1.29, 1.82) is 0 Å². The summed E-state index contributed by atoms with van der Waals surface area (Å²) in [7, 11) is -4.85. The summed E-state index contributed by atoms with van der Waals surface area (Å²) in [5.74, 6) is -0.628. The topological polar surface area (TPSA) is 157 Å². The zero-order valence-electron chi connectivity index (χ0n) is 15.8. The molecule has 3 atom stereocenters. The standard InChI is InChI=1S/C16H25N5O7S/c22-13(19-16(5-8-18-14(16)23)10-3-6-17-7-4-10)12-2-1-11-9-20(12)15(24)21(11)28-29(25,26)27/h10-12,17H,1-9H2,(H,18,23)(H,19,22)(H,25,26,27)/t11-,12+,16-/m1/s1. The van der Waals surface area contributed by atoms with E-state index in [0.717, 1.165) is 25.9 Å². The van der Waals surface area contributed by atoms with Gasteiger partial charge >= 0.3 is 16.4 Å². The average molecular weight is 431 g/mol. The maximum atomic E-state index is 13.1. The second-order valence-electron chi connectivity index (χ2n) is 8.00. The summed E-state index contributed by atoms with van der Waals surface area (Å²) in [6.45, 7) is 2.13. The maximum Gasteiger partial charge on any atom is 0.418 e. The molecule has 4 heterocycles. The molecule has 12 nitrogen and oxygen atoms in total. The van der Waals surface area contributed by atoms with Crippen molar-refractivity contribution in [3.8, 4) is 0 Å². The molecule has 4 aliphatic heterocycles. The van der Waals surface area contributed by atoms with Gasteiger partial charge in [0.15, 0.2) is 0 Å². The van der Waals surface area contributed by atoms with Crippen LogP contribution >= 0.6 is 0 Å². The number of amides is 4. The van der Waals surface area contributed by atoms with Crippen molar-refractivity contribution in [2.75, 3.05) is 26.2 Å². The van der Waals surface area contributed by atoms with E-state index in [1.165, 1.54) is 4.90 Å². The van der Waals surface area contributed by atoms with Crippen molar-refractivity contribution < 1.29 is 31.6 Å². The molecule has 0 aromatic carbocycles. The predicted octanol–water partition coefficient (Wildman–Crippen LogP) is -1.64. The van der Waals surface area contributed by atoms with E-state index in [9.17, 15) is 22.8 Å². The fourth-order valence-corrected chi connectivity index (χ4v) is 5.37. The third-order valence-corrected chi connectivity index (χ3v) is 6.74. The van der Waals surface area contributed by atoms with Crippen LogP contribution < -0.4 is 16.0 Å². The number of hydrogen-bond donors (Lipinski definition) is 4. The Morgan fingerprint density at radius 1 is 1.17 bits per heavy atom. The van der Waals surface area contributed by atoms with E-state index >= 15 is 0 Å². The minimum absolute atomic E-state index is 0.000169. The summed E-state index contributed by atoms with van der Waals surface area (Å²) in [6, 6.07) is -2.19. The van der Waals surface area contributed by atoms with Crippen LogP contribution in [0.4, 0.5) is 4.79 Å². The Morgan fingerprint density at radius 3 is 2.52 bits per heavy atom. The van der Waals surface area contributed by atoms with Gasteiger partial charge in [0.25, 0.3) is 0 Å². The lowest BCUT2D eigenvalue weighted by Gasteiger charge is -2.40. The Hall–Kier alpha value is -1.96. The molecule has 0 radical (unpaired) electrons. The molecule has 4 N–H and O–H groups in total. The van der Waals surface area contributed by atoms with E-state index in [1.54, 1.807) is 0 Å². The number of rotatable bonds is 5. The highest BCUT2D eigenvalue weighted by Gasteiger charge is 2.53. The minimum atomic E-state index is -4.85. The molecular weight excluding hydrogens is 406 g/mol. The predicted molar refractivity (Wildman–Crippen MR) is 97.5 cm³/mol. The van der Waals surface area contributed by atoms with Crippen LogP contribution in [0.5, 0.6) is 0 Å². The first-order valence-corrected chi connectivity index (χ1v) is 11.2. The number of nitrogens with one attached hydrogen (secondary N) is 3. The summed E-state index contributed by atoms with van der Waals surface area (Å²) in [5.41, 5.74) is -0.997. The second-order valence-corrected chi connectivity index (χ2v) is 9.01. The van der Waals surface area contributed by atoms with Crippen molar-refractivity contribution in [3.63, 3.8) is 0 Å². The van der Waals surface area contributed by atoms with E-state index < -0.39 is 40.0 Å². The second kappa shape index (κ2) is 7.38. The van der Waals surface area contributed by atoms with Crippen LogP contribution in [0, 0.1) is 5.92 Å². The van der Waals surface area contributed by atoms with Gasteiger partial charge in [-0.15, -0.1) is 4.28 Å². The van der Waals surface area contributed by atoms with E-state index in [4.69, 9.17) is 4.55 Å².